The van der Waals surface area contributed by atoms with E-state index in [1.807, 2.05) is 0 Å². The van der Waals surface area contributed by atoms with Crippen molar-refractivity contribution >= 4 is 13.8 Å². The Kier molecular flexibility index (Phi) is 24.6. The summed E-state index contributed by atoms with van der Waals surface area (Å²) >= 11 is 0. The zero-order chi connectivity index (χ0) is 28.3. The number of hydrogen-bond donors (Lipinski definition) is 4. The molecule has 9 nitrogen and oxygen atoms in total. The Balaban J connectivity index is 3.67. The van der Waals surface area contributed by atoms with Crippen LogP contribution >= 0.6 is 7.82 Å². The average molecular weight is 561 g/mol. The van der Waals surface area contributed by atoms with E-state index in [0.717, 1.165) is 38.5 Å². The molecule has 0 aliphatic carbocycles. The van der Waals surface area contributed by atoms with Gasteiger partial charge in [0.05, 0.1) is 19.8 Å². The molecule has 4 N–H and O–H groups in total. The summed E-state index contributed by atoms with van der Waals surface area (Å²) in [5.41, 5.74) is 0. The van der Waals surface area contributed by atoms with Crippen molar-refractivity contribution in [2.75, 3.05) is 26.4 Å². The highest BCUT2D eigenvalue weighted by molar-refractivity contribution is 7.47. The lowest BCUT2D eigenvalue weighted by atomic mass is 10.1. The fourth-order valence-electron chi connectivity index (χ4n) is 3.03. The number of hydrogen-bond acceptors (Lipinski definition) is 8. The minimum absolute atomic E-state index is 0.225. The van der Waals surface area contributed by atoms with Gasteiger partial charge >= 0.3 is 13.8 Å². The first-order valence-corrected chi connectivity index (χ1v) is 15.1. The number of ether oxygens (including phenoxy) is 1. The molecule has 10 heteroatoms. The number of rotatable bonds is 25. The molecule has 0 aromatic rings. The molecule has 0 aromatic carbocycles. The molecule has 0 saturated heterocycles. The van der Waals surface area contributed by atoms with Crippen molar-refractivity contribution in [2.24, 2.45) is 0 Å². The summed E-state index contributed by atoms with van der Waals surface area (Å²) in [6.07, 6.45) is 26.5. The maximum atomic E-state index is 11.8. The first-order chi connectivity index (χ1) is 18.3. The Bertz CT molecular complexity index is 734. The Morgan fingerprint density at radius 2 is 1.24 bits per heavy atom. The van der Waals surface area contributed by atoms with Crippen molar-refractivity contribution in [1.29, 1.82) is 0 Å². The van der Waals surface area contributed by atoms with Crippen LogP contribution in [0.3, 0.4) is 0 Å². The second-order valence-electron chi connectivity index (χ2n) is 8.92. The highest BCUT2D eigenvalue weighted by atomic mass is 31.2. The Hall–Kier alpha value is -1.58. The van der Waals surface area contributed by atoms with Crippen molar-refractivity contribution in [3.63, 3.8) is 0 Å². The first kappa shape index (κ1) is 36.4. The summed E-state index contributed by atoms with van der Waals surface area (Å²) in [5, 5.41) is 27.4. The topological polar surface area (TPSA) is 143 Å². The molecule has 38 heavy (non-hydrogen) atoms. The van der Waals surface area contributed by atoms with Gasteiger partial charge in [0.2, 0.25) is 0 Å². The molecule has 0 radical (unpaired) electrons. The van der Waals surface area contributed by atoms with Crippen LogP contribution in [0.1, 0.15) is 84.0 Å². The van der Waals surface area contributed by atoms with E-state index in [4.69, 9.17) is 14.9 Å². The number of carbonyl (C=O) groups excluding carboxylic acids is 1. The quantitative estimate of drug-likeness (QED) is 0.0506. The van der Waals surface area contributed by atoms with Crippen LogP contribution in [0.25, 0.3) is 0 Å². The maximum Gasteiger partial charge on any atom is 0.472 e. The van der Waals surface area contributed by atoms with E-state index in [2.05, 4.69) is 64.6 Å². The van der Waals surface area contributed by atoms with Gasteiger partial charge in [0.25, 0.3) is 0 Å². The molecular formula is C28H49O9P. The number of aliphatic hydroxyl groups excluding tert-OH is 3. The van der Waals surface area contributed by atoms with Crippen LogP contribution in [0, 0.1) is 0 Å². The fourth-order valence-corrected chi connectivity index (χ4v) is 3.82. The van der Waals surface area contributed by atoms with Gasteiger partial charge in [0, 0.05) is 6.42 Å². The van der Waals surface area contributed by atoms with Crippen LogP contribution in [0.15, 0.2) is 48.6 Å². The lowest BCUT2D eigenvalue weighted by molar-refractivity contribution is -0.147. The van der Waals surface area contributed by atoms with E-state index in [1.165, 1.54) is 25.7 Å². The third-order valence-electron chi connectivity index (χ3n) is 5.22. The van der Waals surface area contributed by atoms with Gasteiger partial charge in [-0.3, -0.25) is 13.8 Å². The van der Waals surface area contributed by atoms with Gasteiger partial charge in [-0.05, 0) is 51.4 Å². The molecule has 0 heterocycles. The van der Waals surface area contributed by atoms with Crippen molar-refractivity contribution in [3.8, 4) is 0 Å². The molecule has 0 fully saturated rings. The second kappa shape index (κ2) is 25.7. The van der Waals surface area contributed by atoms with E-state index in [-0.39, 0.29) is 13.0 Å². The molecule has 0 aliphatic heterocycles. The number of esters is 1. The fraction of sp³-hybridized carbons (Fsp3) is 0.679. The number of allylic oxidation sites excluding steroid dienone is 8. The zero-order valence-corrected chi connectivity index (χ0v) is 23.8. The lowest BCUT2D eigenvalue weighted by Gasteiger charge is -2.16. The molecule has 3 atom stereocenters. The third-order valence-corrected chi connectivity index (χ3v) is 6.17. The van der Waals surface area contributed by atoms with Crippen LogP contribution < -0.4 is 0 Å². The van der Waals surface area contributed by atoms with Crippen molar-refractivity contribution < 1.29 is 43.4 Å². The maximum absolute atomic E-state index is 11.8. The molecular weight excluding hydrogens is 511 g/mol. The zero-order valence-electron chi connectivity index (χ0n) is 22.9. The first-order valence-electron chi connectivity index (χ1n) is 13.6. The molecule has 0 bridgehead atoms. The van der Waals surface area contributed by atoms with Gasteiger partial charge in [-0.15, -0.1) is 0 Å². The predicted molar refractivity (Wildman–Crippen MR) is 149 cm³/mol. The molecule has 0 aromatic heterocycles. The molecule has 0 spiro atoms. The van der Waals surface area contributed by atoms with Crippen molar-refractivity contribution in [3.05, 3.63) is 48.6 Å². The van der Waals surface area contributed by atoms with Crippen LogP contribution in [0.2, 0.25) is 0 Å². The summed E-state index contributed by atoms with van der Waals surface area (Å²) in [4.78, 5) is 21.2. The Morgan fingerprint density at radius 3 is 1.76 bits per heavy atom. The average Bonchev–Trinajstić information content (AvgIpc) is 2.90. The summed E-state index contributed by atoms with van der Waals surface area (Å²) in [6, 6.07) is 0. The van der Waals surface area contributed by atoms with Crippen LogP contribution in [-0.4, -0.2) is 64.8 Å². The Labute approximate surface area is 228 Å². The molecule has 0 aliphatic rings. The number of phosphoric acid groups is 1. The molecule has 1 unspecified atom stereocenters. The second-order valence-corrected chi connectivity index (χ2v) is 10.4. The van der Waals surface area contributed by atoms with E-state index in [9.17, 15) is 19.4 Å². The minimum atomic E-state index is -4.50. The minimum Gasteiger partial charge on any atom is -0.463 e. The van der Waals surface area contributed by atoms with Crippen LogP contribution in [-0.2, 0) is 23.1 Å². The van der Waals surface area contributed by atoms with E-state index >= 15 is 0 Å². The highest BCUT2D eigenvalue weighted by Crippen LogP contribution is 2.43. The van der Waals surface area contributed by atoms with Gasteiger partial charge in [0.1, 0.15) is 18.8 Å². The van der Waals surface area contributed by atoms with Gasteiger partial charge in [-0.25, -0.2) is 4.57 Å². The van der Waals surface area contributed by atoms with Crippen molar-refractivity contribution in [1.82, 2.24) is 0 Å². The number of carbonyl (C=O) groups is 1. The summed E-state index contributed by atoms with van der Waals surface area (Å²) < 4.78 is 25.5. The van der Waals surface area contributed by atoms with E-state index in [0.29, 0.717) is 6.42 Å². The van der Waals surface area contributed by atoms with Crippen LogP contribution in [0.4, 0.5) is 0 Å². The number of unbranched alkanes of at least 4 members (excludes halogenated alkanes) is 6. The molecule has 220 valence electrons. The summed E-state index contributed by atoms with van der Waals surface area (Å²) in [6.45, 7) is 0.0178. The largest absolute Gasteiger partial charge is 0.472 e. The van der Waals surface area contributed by atoms with Gasteiger partial charge in [-0.2, -0.15) is 0 Å². The van der Waals surface area contributed by atoms with Gasteiger partial charge in [-0.1, -0.05) is 74.8 Å². The standard InChI is InChI=1S/C28H49O9P/c1-2-3-4-5-6-7-8-9-10-11-12-13-14-15-16-17-18-19-20-21-28(32)35-23-27(31)25-37-38(33,34)36-24-26(30)22-29/h6-7,9-10,12-13,15-16,26-27,29-31H,2-5,8,11,14,17-25H2,1H3,(H,33,34)/b7-6-,10-9-,13-12-,16-15-/t26-,27+/m0/s1. The predicted octanol–water partition coefficient (Wildman–Crippen LogP) is 5.30. The van der Waals surface area contributed by atoms with Crippen LogP contribution in [0.5, 0.6) is 0 Å². The third kappa shape index (κ3) is 26.0. The molecule has 0 saturated carbocycles. The summed E-state index contributed by atoms with van der Waals surface area (Å²) in [7, 11) is -4.50. The summed E-state index contributed by atoms with van der Waals surface area (Å²) in [5.74, 6) is -0.462. The van der Waals surface area contributed by atoms with Gasteiger partial charge in [0.15, 0.2) is 0 Å². The Morgan fingerprint density at radius 1 is 0.737 bits per heavy atom. The van der Waals surface area contributed by atoms with E-state index in [1.54, 1.807) is 0 Å². The SMILES string of the molecule is CCCCC/C=C\C/C=C\C/C=C\C/C=C\CCCCCC(=O)OC[C@@H](O)COP(=O)(O)OC[C@@H](O)CO. The van der Waals surface area contributed by atoms with Crippen molar-refractivity contribution in [2.45, 2.75) is 96.2 Å². The lowest BCUT2D eigenvalue weighted by Crippen LogP contribution is -2.24. The monoisotopic (exact) mass is 560 g/mol. The number of phosphoric ester groups is 1. The smallest absolute Gasteiger partial charge is 0.463 e. The number of aliphatic hydroxyl groups is 3. The normalized spacial score (nSPS) is 15.6. The van der Waals surface area contributed by atoms with Gasteiger partial charge < -0.3 is 24.9 Å². The van der Waals surface area contributed by atoms with E-state index < -0.39 is 45.8 Å². The molecule has 0 rings (SSSR count). The highest BCUT2D eigenvalue weighted by Gasteiger charge is 2.24. The molecule has 0 amide bonds.